The van der Waals surface area contributed by atoms with Crippen molar-refractivity contribution in [2.24, 2.45) is 29.4 Å². The summed E-state index contributed by atoms with van der Waals surface area (Å²) < 4.78 is 10.9. The number of aromatic nitrogens is 1. The molecule has 6 rings (SSSR count). The second-order valence-electron chi connectivity index (χ2n) is 23.1. The Balaban J connectivity index is 1.21. The van der Waals surface area contributed by atoms with Crippen molar-refractivity contribution in [1.29, 1.82) is 0 Å². The topological polar surface area (TPSA) is 401 Å². The van der Waals surface area contributed by atoms with Crippen LogP contribution < -0.4 is 42.4 Å². The van der Waals surface area contributed by atoms with Gasteiger partial charge in [0.2, 0.25) is 41.4 Å². The molecule has 0 aliphatic carbocycles. The average Bonchev–Trinajstić information content (AvgIpc) is 2.66. The molecule has 27 nitrogen and oxygen atoms in total. The second kappa shape index (κ2) is 33.6. The highest BCUT2D eigenvalue weighted by Gasteiger charge is 2.45. The highest BCUT2D eigenvalue weighted by Crippen LogP contribution is 2.36. The molecule has 5 heterocycles. The van der Waals surface area contributed by atoms with Crippen LogP contribution in [0.1, 0.15) is 123 Å². The van der Waals surface area contributed by atoms with E-state index >= 15 is 4.79 Å². The van der Waals surface area contributed by atoms with Gasteiger partial charge in [0.1, 0.15) is 30.2 Å². The number of hydrogen-bond donors (Lipinski definition) is 10. The van der Waals surface area contributed by atoms with E-state index in [1.54, 1.807) is 32.0 Å². The molecular formula is C60H84N10O17S. The number of methoxy groups -OCH3 is 1. The summed E-state index contributed by atoms with van der Waals surface area (Å²) in [6.45, 7) is 2.95. The third-order valence-corrected chi connectivity index (χ3v) is 17.7. The monoisotopic (exact) mass is 1250 g/mol. The lowest BCUT2D eigenvalue weighted by molar-refractivity contribution is -0.145. The molecule has 88 heavy (non-hydrogen) atoms. The fourth-order valence-electron chi connectivity index (χ4n) is 11.1. The number of carbonyl (C=O) groups excluding carboxylic acids is 13. The number of benzene rings is 1. The minimum atomic E-state index is -1.69. The number of fused-ring (bicyclic) bond motifs is 5. The molecule has 1 unspecified atom stereocenters. The third kappa shape index (κ3) is 19.9. The number of aliphatic hydroxyl groups excluding tert-OH is 2. The minimum absolute atomic E-state index is 0.142. The number of imide groups is 1. The molecule has 2 aromatic rings. The van der Waals surface area contributed by atoms with Crippen LogP contribution in [-0.2, 0) is 68.7 Å². The van der Waals surface area contributed by atoms with Gasteiger partial charge in [0.15, 0.2) is 11.6 Å². The molecule has 1 saturated heterocycles. The zero-order valence-electron chi connectivity index (χ0n) is 50.3. The van der Waals surface area contributed by atoms with E-state index in [1.807, 2.05) is 0 Å². The number of nitrogens with two attached hydrogens (primary N) is 1. The first-order valence-corrected chi connectivity index (χ1v) is 31.2. The van der Waals surface area contributed by atoms with Crippen LogP contribution in [0.25, 0.3) is 10.9 Å². The Hall–Kier alpha value is -7.72. The van der Waals surface area contributed by atoms with Gasteiger partial charge >= 0.3 is 6.09 Å². The van der Waals surface area contributed by atoms with Crippen LogP contribution in [0.4, 0.5) is 4.79 Å². The number of ether oxygens (including phenoxy) is 2. The standard InChI is InChI=1S/C60H84N10O17S/c1-5-33(2)53-57(83)64-28-49(77)65-43-32-88-58-41(40-17-16-39(86-4)27-42(40)66-58)22-35(55(81)63-29-50(78)67-53)23-46(74)54(68-56(82)44-26-38(72)30-70(44)59(84)36(24-45(43)73)25-48(61)76)34(3)47(75)31-87-60(85)62-20-12-8-6-7-10-14-37(71)15-11-9-13-21-69-51(79)18-19-52(69)80/h16-19,27,33-36,38,43-44,47,53-54,66,72,75H,5-15,20-26,28-32H2,1-4H3,(H2,61,76)(H,62,85)(H,63,81)(H,64,83)(H,65,77)(H,67,78)(H,68,82)/t33-,34-,35+,36-,38+,43-,44?,47-,53-,54+/m0/s1. The van der Waals surface area contributed by atoms with Crippen molar-refractivity contribution in [2.75, 3.05) is 52.2 Å². The van der Waals surface area contributed by atoms with Gasteiger partial charge in [0.25, 0.3) is 11.8 Å². The van der Waals surface area contributed by atoms with E-state index in [2.05, 4.69) is 36.9 Å². The van der Waals surface area contributed by atoms with Crippen LogP contribution in [0.3, 0.4) is 0 Å². The maximum atomic E-state index is 15.1. The molecule has 10 amide bonds. The summed E-state index contributed by atoms with van der Waals surface area (Å²) in [5, 5.41) is 39.2. The van der Waals surface area contributed by atoms with Crippen molar-refractivity contribution in [3.05, 3.63) is 35.9 Å². The second-order valence-corrected chi connectivity index (χ2v) is 24.1. The highest BCUT2D eigenvalue weighted by atomic mass is 32.2. The molecule has 4 aliphatic heterocycles. The molecule has 1 fully saturated rings. The van der Waals surface area contributed by atoms with Crippen LogP contribution in [-0.4, -0.2) is 190 Å². The maximum Gasteiger partial charge on any atom is 0.407 e. The van der Waals surface area contributed by atoms with E-state index in [4.69, 9.17) is 15.2 Å². The van der Waals surface area contributed by atoms with Crippen molar-refractivity contribution < 1.29 is 82.0 Å². The highest BCUT2D eigenvalue weighted by molar-refractivity contribution is 7.99. The Morgan fingerprint density at radius 1 is 0.795 bits per heavy atom. The number of H-pyrrole nitrogens is 1. The van der Waals surface area contributed by atoms with E-state index in [9.17, 15) is 67.7 Å². The fraction of sp³-hybridized carbons (Fsp3) is 0.617. The predicted octanol–water partition coefficient (Wildman–Crippen LogP) is 0.678. The quantitative estimate of drug-likeness (QED) is 0.0540. The SMILES string of the molecule is CC[C@H](C)[C@@H]1NC(=O)CNC(=O)[C@H]2CC(=O)[C@@H]([C@@H](C)[C@@H](O)COC(=O)NCCCCCCCC(=O)CCCCCN3C(=O)C=CC3=O)NC(=O)C3C[C@@H](O)CN3C(=O)[C@H](CC(N)=O)CC(=O)[C@H](CSc3[nH]c4cc(OC)ccc4c3C2)NC(=O)CNC1=O. The normalized spacial score (nSPS) is 23.9. The number of Topliss-reactive ketones (excluding diaryl/α,β-unsaturated/α-hetero) is 3. The van der Waals surface area contributed by atoms with E-state index in [-0.39, 0.29) is 42.7 Å². The first kappa shape index (κ1) is 69.4. The van der Waals surface area contributed by atoms with Gasteiger partial charge < -0.3 is 67.2 Å². The summed E-state index contributed by atoms with van der Waals surface area (Å²) in [6.07, 6.45) is 2.81. The Morgan fingerprint density at radius 2 is 1.45 bits per heavy atom. The zero-order valence-corrected chi connectivity index (χ0v) is 51.1. The molecule has 0 saturated carbocycles. The van der Waals surface area contributed by atoms with Gasteiger partial charge in [-0.15, -0.1) is 11.8 Å². The number of ketones is 3. The summed E-state index contributed by atoms with van der Waals surface area (Å²) in [5.74, 6) is -12.6. The Labute approximate surface area is 514 Å². The van der Waals surface area contributed by atoms with Crippen LogP contribution in [0.5, 0.6) is 5.75 Å². The van der Waals surface area contributed by atoms with Gasteiger partial charge in [-0.2, -0.15) is 0 Å². The summed E-state index contributed by atoms with van der Waals surface area (Å²) in [5.41, 5.74) is 6.60. The molecule has 0 radical (unpaired) electrons. The first-order chi connectivity index (χ1) is 42.0. The van der Waals surface area contributed by atoms with Gasteiger partial charge in [0, 0.05) is 99.4 Å². The molecule has 11 N–H and O–H groups in total. The largest absolute Gasteiger partial charge is 0.497 e. The van der Waals surface area contributed by atoms with Crippen molar-refractivity contribution in [2.45, 2.75) is 165 Å². The van der Waals surface area contributed by atoms with E-state index < -0.39 is 165 Å². The van der Waals surface area contributed by atoms with Crippen molar-refractivity contribution in [3.63, 3.8) is 0 Å². The van der Waals surface area contributed by atoms with E-state index in [0.29, 0.717) is 85.2 Å². The number of primary amides is 1. The molecule has 10 atom stereocenters. The van der Waals surface area contributed by atoms with Gasteiger partial charge in [-0.1, -0.05) is 52.9 Å². The van der Waals surface area contributed by atoms with Crippen molar-refractivity contribution in [3.8, 4) is 5.75 Å². The number of nitrogens with one attached hydrogen (secondary N) is 7. The molecule has 1 aromatic carbocycles. The van der Waals surface area contributed by atoms with Crippen LogP contribution >= 0.6 is 11.8 Å². The van der Waals surface area contributed by atoms with Gasteiger partial charge in [-0.05, 0) is 55.7 Å². The number of hydrogen-bond acceptors (Lipinski definition) is 18. The number of aromatic amines is 1. The summed E-state index contributed by atoms with van der Waals surface area (Å²) in [6, 6.07) is -0.777. The number of nitrogens with zero attached hydrogens (tertiary/aromatic N) is 2. The van der Waals surface area contributed by atoms with Crippen molar-refractivity contribution in [1.82, 2.24) is 46.7 Å². The van der Waals surface area contributed by atoms with Gasteiger partial charge in [-0.3, -0.25) is 62.4 Å². The van der Waals surface area contributed by atoms with Gasteiger partial charge in [0.05, 0.1) is 61.0 Å². The molecule has 2 bridgehead atoms. The lowest BCUT2D eigenvalue weighted by Crippen LogP contribution is -2.56. The van der Waals surface area contributed by atoms with Crippen LogP contribution in [0.2, 0.25) is 0 Å². The van der Waals surface area contributed by atoms with Crippen LogP contribution in [0.15, 0.2) is 35.4 Å². The van der Waals surface area contributed by atoms with Crippen molar-refractivity contribution >= 4 is 99.3 Å². The third-order valence-electron chi connectivity index (χ3n) is 16.5. The number of thioether (sulfide) groups is 1. The first-order valence-electron chi connectivity index (χ1n) is 30.2. The average molecular weight is 1250 g/mol. The lowest BCUT2D eigenvalue weighted by Gasteiger charge is -2.32. The smallest absolute Gasteiger partial charge is 0.407 e. The zero-order chi connectivity index (χ0) is 64.2. The molecule has 1 aromatic heterocycles. The number of rotatable bonds is 23. The Bertz CT molecular complexity index is 2930. The summed E-state index contributed by atoms with van der Waals surface area (Å²) in [4.78, 5) is 182. The minimum Gasteiger partial charge on any atom is -0.497 e. The summed E-state index contributed by atoms with van der Waals surface area (Å²) >= 11 is 1.04. The number of unbranched alkanes of at least 4 members (excludes halogenated alkanes) is 6. The Morgan fingerprint density at radius 3 is 2.14 bits per heavy atom. The molecule has 4 aliphatic rings. The Kier molecular flexibility index (Phi) is 26.5. The number of alkyl carbamates (subject to hydrolysis) is 1. The molecular weight excluding hydrogens is 1160 g/mol. The number of carbonyl (C=O) groups is 13. The fourth-order valence-corrected chi connectivity index (χ4v) is 12.3. The molecule has 482 valence electrons. The van der Waals surface area contributed by atoms with E-state index in [1.165, 1.54) is 31.1 Å². The van der Waals surface area contributed by atoms with Gasteiger partial charge in [-0.25, -0.2) is 4.79 Å². The number of amides is 10. The molecule has 0 spiro atoms. The number of aliphatic hydroxyl groups is 2. The summed E-state index contributed by atoms with van der Waals surface area (Å²) in [7, 11) is 1.46. The molecule has 28 heteroatoms. The predicted molar refractivity (Wildman–Crippen MR) is 318 cm³/mol. The lowest BCUT2D eigenvalue weighted by atomic mass is 9.85. The van der Waals surface area contributed by atoms with E-state index in [0.717, 1.165) is 35.9 Å². The maximum absolute atomic E-state index is 15.1. The van der Waals surface area contributed by atoms with Crippen LogP contribution in [0, 0.1) is 23.7 Å².